The summed E-state index contributed by atoms with van der Waals surface area (Å²) in [6.45, 7) is 0.873. The number of aromatic nitrogens is 1. The molecule has 3 aliphatic rings. The summed E-state index contributed by atoms with van der Waals surface area (Å²) in [6.07, 6.45) is 7.40. The van der Waals surface area contributed by atoms with E-state index >= 15 is 0 Å². The molecule has 1 saturated heterocycles. The van der Waals surface area contributed by atoms with Crippen molar-refractivity contribution in [3.8, 4) is 0 Å². The monoisotopic (exact) mass is 323 g/mol. The van der Waals surface area contributed by atoms with Crippen molar-refractivity contribution in [2.75, 3.05) is 19.5 Å². The first-order chi connectivity index (χ1) is 10.5. The topological polar surface area (TPSA) is 65.5 Å². The average Bonchev–Trinajstić information content (AvgIpc) is 2.80. The van der Waals surface area contributed by atoms with Gasteiger partial charge in [-0.05, 0) is 25.0 Å². The third-order valence-corrected chi connectivity index (χ3v) is 6.28. The molecule has 0 bridgehead atoms. The zero-order valence-electron chi connectivity index (χ0n) is 12.7. The van der Waals surface area contributed by atoms with Crippen LogP contribution in [0.5, 0.6) is 0 Å². The predicted molar refractivity (Wildman–Crippen MR) is 80.8 cm³/mol. The molecule has 3 fully saturated rings. The van der Waals surface area contributed by atoms with Crippen molar-refractivity contribution in [2.45, 2.75) is 36.7 Å². The molecule has 0 N–H and O–H groups in total. The van der Waals surface area contributed by atoms with E-state index in [4.69, 9.17) is 8.92 Å². The van der Waals surface area contributed by atoms with Gasteiger partial charge in [0.15, 0.2) is 0 Å². The first-order valence-electron chi connectivity index (χ1n) is 7.88. The quantitative estimate of drug-likeness (QED) is 0.792. The van der Waals surface area contributed by atoms with E-state index in [-0.39, 0.29) is 17.6 Å². The maximum Gasteiger partial charge on any atom is 0.264 e. The van der Waals surface area contributed by atoms with E-state index in [9.17, 15) is 8.42 Å². The van der Waals surface area contributed by atoms with Crippen LogP contribution >= 0.6 is 0 Å². The summed E-state index contributed by atoms with van der Waals surface area (Å²) in [4.78, 5) is 4.52. The maximum atomic E-state index is 11.5. The van der Waals surface area contributed by atoms with E-state index in [1.54, 1.807) is 6.20 Å². The van der Waals surface area contributed by atoms with Crippen molar-refractivity contribution in [3.63, 3.8) is 0 Å². The normalized spacial score (nSPS) is 35.7. The third-order valence-electron chi connectivity index (χ3n) is 5.73. The fourth-order valence-corrected chi connectivity index (χ4v) is 5.25. The minimum Gasteiger partial charge on any atom is -0.374 e. The lowest BCUT2D eigenvalue weighted by Gasteiger charge is -2.31. The van der Waals surface area contributed by atoms with Gasteiger partial charge in [-0.3, -0.25) is 9.17 Å². The van der Waals surface area contributed by atoms with Crippen LogP contribution in [0.3, 0.4) is 0 Å². The number of hydrogen-bond donors (Lipinski definition) is 0. The van der Waals surface area contributed by atoms with E-state index in [0.29, 0.717) is 18.4 Å². The van der Waals surface area contributed by atoms with Crippen molar-refractivity contribution in [1.29, 1.82) is 0 Å². The summed E-state index contributed by atoms with van der Waals surface area (Å²) in [7, 11) is -3.46. The Morgan fingerprint density at radius 3 is 2.77 bits per heavy atom. The molecule has 3 unspecified atom stereocenters. The molecule has 0 radical (unpaired) electrons. The molecule has 1 spiro atoms. The van der Waals surface area contributed by atoms with Gasteiger partial charge in [-0.1, -0.05) is 18.9 Å². The molecule has 0 aromatic carbocycles. The number of rotatable bonds is 4. The van der Waals surface area contributed by atoms with Crippen LogP contribution in [0.15, 0.2) is 24.4 Å². The van der Waals surface area contributed by atoms with Crippen LogP contribution in [-0.2, 0) is 24.5 Å². The standard InChI is InChI=1S/C16H21NO4S/c1-22(18,19)21-11-16(13-6-2-5-9-17-13)12-10-20-15(14(12)16)7-3-4-8-15/h2,5-6,9,12,14H,3-4,7-8,10-11H2,1H3. The van der Waals surface area contributed by atoms with Crippen LogP contribution in [-0.4, -0.2) is 38.5 Å². The Balaban J connectivity index is 1.70. The molecule has 2 heterocycles. The Kier molecular flexibility index (Phi) is 3.16. The molecule has 22 heavy (non-hydrogen) atoms. The second kappa shape index (κ2) is 4.76. The van der Waals surface area contributed by atoms with E-state index < -0.39 is 10.1 Å². The summed E-state index contributed by atoms with van der Waals surface area (Å²) in [5.41, 5.74) is 0.568. The van der Waals surface area contributed by atoms with Gasteiger partial charge in [0.05, 0.1) is 25.1 Å². The molecule has 1 aliphatic heterocycles. The van der Waals surface area contributed by atoms with Gasteiger partial charge >= 0.3 is 0 Å². The Morgan fingerprint density at radius 2 is 2.14 bits per heavy atom. The number of fused-ring (bicyclic) bond motifs is 2. The number of nitrogens with zero attached hydrogens (tertiary/aromatic N) is 1. The highest BCUT2D eigenvalue weighted by molar-refractivity contribution is 7.85. The van der Waals surface area contributed by atoms with Crippen LogP contribution in [0.1, 0.15) is 31.4 Å². The molecule has 2 saturated carbocycles. The molecule has 2 aliphatic carbocycles. The van der Waals surface area contributed by atoms with Crippen molar-refractivity contribution < 1.29 is 17.3 Å². The average molecular weight is 323 g/mol. The van der Waals surface area contributed by atoms with E-state index in [2.05, 4.69) is 4.98 Å². The molecule has 6 heteroatoms. The summed E-state index contributed by atoms with van der Waals surface area (Å²) >= 11 is 0. The van der Waals surface area contributed by atoms with Gasteiger partial charge in [0, 0.05) is 29.1 Å². The summed E-state index contributed by atoms with van der Waals surface area (Å²) < 4.78 is 34.4. The van der Waals surface area contributed by atoms with Crippen molar-refractivity contribution in [1.82, 2.24) is 4.98 Å². The van der Waals surface area contributed by atoms with Crippen molar-refractivity contribution in [2.24, 2.45) is 11.8 Å². The molecule has 5 nitrogen and oxygen atoms in total. The van der Waals surface area contributed by atoms with Gasteiger partial charge in [0.25, 0.3) is 10.1 Å². The predicted octanol–water partition coefficient (Wildman–Crippen LogP) is 1.88. The lowest BCUT2D eigenvalue weighted by Crippen LogP contribution is -2.37. The maximum absolute atomic E-state index is 11.5. The van der Waals surface area contributed by atoms with E-state index in [0.717, 1.165) is 24.8 Å². The lowest BCUT2D eigenvalue weighted by molar-refractivity contribution is -0.0377. The highest BCUT2D eigenvalue weighted by Gasteiger charge is 2.77. The molecule has 1 aromatic heterocycles. The highest BCUT2D eigenvalue weighted by Crippen LogP contribution is 2.71. The van der Waals surface area contributed by atoms with Crippen molar-refractivity contribution >= 4 is 10.1 Å². The number of hydrogen-bond acceptors (Lipinski definition) is 5. The fraction of sp³-hybridized carbons (Fsp3) is 0.688. The van der Waals surface area contributed by atoms with Gasteiger partial charge in [0.1, 0.15) is 0 Å². The van der Waals surface area contributed by atoms with Crippen LogP contribution in [0.4, 0.5) is 0 Å². The number of pyridine rings is 1. The van der Waals surface area contributed by atoms with Gasteiger partial charge in [-0.15, -0.1) is 0 Å². The second-order valence-electron chi connectivity index (χ2n) is 6.89. The second-order valence-corrected chi connectivity index (χ2v) is 8.53. The number of ether oxygens (including phenoxy) is 1. The minimum absolute atomic E-state index is 0.0803. The molecule has 1 aromatic rings. The van der Waals surface area contributed by atoms with Crippen LogP contribution < -0.4 is 0 Å². The van der Waals surface area contributed by atoms with Crippen LogP contribution in [0.2, 0.25) is 0 Å². The van der Waals surface area contributed by atoms with E-state index in [1.165, 1.54) is 12.8 Å². The zero-order chi connectivity index (χ0) is 15.4. The summed E-state index contributed by atoms with van der Waals surface area (Å²) in [5.74, 6) is 0.654. The first-order valence-corrected chi connectivity index (χ1v) is 9.69. The summed E-state index contributed by atoms with van der Waals surface area (Å²) in [5, 5.41) is 0. The zero-order valence-corrected chi connectivity index (χ0v) is 13.5. The Morgan fingerprint density at radius 1 is 1.36 bits per heavy atom. The van der Waals surface area contributed by atoms with Gasteiger partial charge < -0.3 is 4.74 Å². The molecule has 4 rings (SSSR count). The Labute approximate surface area is 131 Å². The van der Waals surface area contributed by atoms with Crippen LogP contribution in [0, 0.1) is 11.8 Å². The fourth-order valence-electron chi connectivity index (χ4n) is 4.84. The molecule has 120 valence electrons. The Bertz CT molecular complexity index is 663. The minimum atomic E-state index is -3.46. The van der Waals surface area contributed by atoms with Crippen LogP contribution in [0.25, 0.3) is 0 Å². The first kappa shape index (κ1) is 14.6. The largest absolute Gasteiger partial charge is 0.374 e. The SMILES string of the molecule is CS(=O)(=O)OCC1(c2ccccn2)C2COC3(CCCC3)C21. The van der Waals surface area contributed by atoms with Gasteiger partial charge in [0.2, 0.25) is 0 Å². The van der Waals surface area contributed by atoms with Crippen molar-refractivity contribution in [3.05, 3.63) is 30.1 Å². The molecular formula is C16H21NO4S. The third kappa shape index (κ3) is 2.04. The smallest absolute Gasteiger partial charge is 0.264 e. The Hall–Kier alpha value is -0.980. The van der Waals surface area contributed by atoms with Gasteiger partial charge in [-0.25, -0.2) is 0 Å². The highest BCUT2D eigenvalue weighted by atomic mass is 32.2. The molecule has 3 atom stereocenters. The molecular weight excluding hydrogens is 302 g/mol. The lowest BCUT2D eigenvalue weighted by atomic mass is 9.87. The molecule has 0 amide bonds. The van der Waals surface area contributed by atoms with Gasteiger partial charge in [-0.2, -0.15) is 8.42 Å². The van der Waals surface area contributed by atoms with E-state index in [1.807, 2.05) is 18.2 Å². The summed E-state index contributed by atoms with van der Waals surface area (Å²) in [6, 6.07) is 5.84.